The molecule has 122 valence electrons. The van der Waals surface area contributed by atoms with Gasteiger partial charge in [0.15, 0.2) is 0 Å². The molecule has 5 nitrogen and oxygen atoms in total. The van der Waals surface area contributed by atoms with E-state index in [0.717, 1.165) is 38.9 Å². The predicted octanol–water partition coefficient (Wildman–Crippen LogP) is 1.54. The number of pyridine rings is 1. The standard InChI is InChI=1S/C17H28N4O/c1-13(2)10-16(18)17(22)20-15-5-8-21(9-6-15)12-14-4-3-7-19-11-14/h3-4,7,11,13,15-16H,5-6,8-10,12,18H2,1-2H3,(H,20,22)/t16-/m0/s1. The molecule has 1 fully saturated rings. The molecule has 5 heteroatoms. The normalized spacial score (nSPS) is 18.4. The summed E-state index contributed by atoms with van der Waals surface area (Å²) in [6.07, 6.45) is 6.43. The van der Waals surface area contributed by atoms with Gasteiger partial charge < -0.3 is 11.1 Å². The van der Waals surface area contributed by atoms with Gasteiger partial charge in [0, 0.05) is 38.1 Å². The molecular formula is C17H28N4O. The van der Waals surface area contributed by atoms with Crippen LogP contribution in [-0.4, -0.2) is 41.0 Å². The second-order valence-corrected chi connectivity index (χ2v) is 6.66. The molecule has 0 radical (unpaired) electrons. The first-order valence-corrected chi connectivity index (χ1v) is 8.22. The lowest BCUT2D eigenvalue weighted by Gasteiger charge is -2.32. The Morgan fingerprint density at radius 1 is 1.45 bits per heavy atom. The maximum Gasteiger partial charge on any atom is 0.237 e. The summed E-state index contributed by atoms with van der Waals surface area (Å²) in [7, 11) is 0. The Balaban J connectivity index is 1.72. The van der Waals surface area contributed by atoms with E-state index in [1.54, 1.807) is 6.20 Å². The Hall–Kier alpha value is -1.46. The zero-order valence-electron chi connectivity index (χ0n) is 13.7. The first-order chi connectivity index (χ1) is 10.5. The number of hydrogen-bond donors (Lipinski definition) is 2. The number of rotatable bonds is 6. The third kappa shape index (κ3) is 5.39. The molecule has 1 aliphatic rings. The van der Waals surface area contributed by atoms with Crippen molar-refractivity contribution in [3.05, 3.63) is 30.1 Å². The summed E-state index contributed by atoms with van der Waals surface area (Å²) >= 11 is 0. The predicted molar refractivity (Wildman–Crippen MR) is 88.1 cm³/mol. The lowest BCUT2D eigenvalue weighted by Crippen LogP contribution is -2.49. The van der Waals surface area contributed by atoms with Crippen molar-refractivity contribution >= 4 is 5.91 Å². The van der Waals surface area contributed by atoms with Crippen LogP contribution in [0.3, 0.4) is 0 Å². The van der Waals surface area contributed by atoms with Crippen LogP contribution in [0.2, 0.25) is 0 Å². The average Bonchev–Trinajstić information content (AvgIpc) is 2.49. The minimum absolute atomic E-state index is 0.000547. The van der Waals surface area contributed by atoms with Gasteiger partial charge in [0.05, 0.1) is 6.04 Å². The van der Waals surface area contributed by atoms with Crippen molar-refractivity contribution in [3.8, 4) is 0 Å². The fourth-order valence-electron chi connectivity index (χ4n) is 2.91. The summed E-state index contributed by atoms with van der Waals surface area (Å²) < 4.78 is 0. The van der Waals surface area contributed by atoms with Gasteiger partial charge in [-0.3, -0.25) is 14.7 Å². The van der Waals surface area contributed by atoms with E-state index in [4.69, 9.17) is 5.73 Å². The number of hydrogen-bond acceptors (Lipinski definition) is 4. The fraction of sp³-hybridized carbons (Fsp3) is 0.647. The number of piperidine rings is 1. The maximum atomic E-state index is 12.1. The van der Waals surface area contributed by atoms with Gasteiger partial charge in [-0.1, -0.05) is 19.9 Å². The molecule has 0 aliphatic carbocycles. The van der Waals surface area contributed by atoms with E-state index in [0.29, 0.717) is 5.92 Å². The molecule has 1 aromatic heterocycles. The van der Waals surface area contributed by atoms with Crippen LogP contribution >= 0.6 is 0 Å². The number of nitrogens with two attached hydrogens (primary N) is 1. The highest BCUT2D eigenvalue weighted by Gasteiger charge is 2.23. The molecule has 0 spiro atoms. The zero-order valence-corrected chi connectivity index (χ0v) is 13.7. The third-order valence-corrected chi connectivity index (χ3v) is 4.13. The lowest BCUT2D eigenvalue weighted by molar-refractivity contribution is -0.123. The van der Waals surface area contributed by atoms with Crippen molar-refractivity contribution in [2.75, 3.05) is 13.1 Å². The van der Waals surface area contributed by atoms with Crippen molar-refractivity contribution in [2.24, 2.45) is 11.7 Å². The number of amides is 1. The van der Waals surface area contributed by atoms with Gasteiger partial charge in [0.25, 0.3) is 0 Å². The first-order valence-electron chi connectivity index (χ1n) is 8.22. The molecule has 3 N–H and O–H groups in total. The van der Waals surface area contributed by atoms with Gasteiger partial charge in [-0.15, -0.1) is 0 Å². The Bertz CT molecular complexity index is 455. The number of aromatic nitrogens is 1. The molecule has 2 rings (SSSR count). The molecule has 2 heterocycles. The molecule has 1 atom stereocenters. The van der Waals surface area contributed by atoms with Crippen molar-refractivity contribution < 1.29 is 4.79 Å². The van der Waals surface area contributed by atoms with Crippen LogP contribution in [0.5, 0.6) is 0 Å². The largest absolute Gasteiger partial charge is 0.352 e. The topological polar surface area (TPSA) is 71.2 Å². The van der Waals surface area contributed by atoms with Gasteiger partial charge in [0.1, 0.15) is 0 Å². The molecule has 0 saturated carbocycles. The SMILES string of the molecule is CC(C)C[C@H](N)C(=O)NC1CCN(Cc2cccnc2)CC1. The second-order valence-electron chi connectivity index (χ2n) is 6.66. The monoisotopic (exact) mass is 304 g/mol. The smallest absolute Gasteiger partial charge is 0.237 e. The van der Waals surface area contributed by atoms with E-state index in [9.17, 15) is 4.79 Å². The summed E-state index contributed by atoms with van der Waals surface area (Å²) in [4.78, 5) is 18.6. The van der Waals surface area contributed by atoms with E-state index in [1.807, 2.05) is 12.3 Å². The highest BCUT2D eigenvalue weighted by molar-refractivity contribution is 5.81. The lowest BCUT2D eigenvalue weighted by atomic mass is 10.0. The van der Waals surface area contributed by atoms with Crippen molar-refractivity contribution in [2.45, 2.75) is 51.7 Å². The van der Waals surface area contributed by atoms with E-state index >= 15 is 0 Å². The zero-order chi connectivity index (χ0) is 15.9. The van der Waals surface area contributed by atoms with Gasteiger partial charge in [0.2, 0.25) is 5.91 Å². The molecule has 0 bridgehead atoms. The van der Waals surface area contributed by atoms with Crippen LogP contribution in [-0.2, 0) is 11.3 Å². The molecule has 0 unspecified atom stereocenters. The molecule has 0 aromatic carbocycles. The van der Waals surface area contributed by atoms with Crippen molar-refractivity contribution in [3.63, 3.8) is 0 Å². The van der Waals surface area contributed by atoms with Crippen molar-refractivity contribution in [1.29, 1.82) is 0 Å². The molecule has 1 aromatic rings. The molecule has 22 heavy (non-hydrogen) atoms. The van der Waals surface area contributed by atoms with Crippen LogP contribution in [0.25, 0.3) is 0 Å². The summed E-state index contributed by atoms with van der Waals surface area (Å²) in [5, 5.41) is 3.11. The number of likely N-dealkylation sites (tertiary alicyclic amines) is 1. The van der Waals surface area contributed by atoms with Crippen LogP contribution in [0, 0.1) is 5.92 Å². The van der Waals surface area contributed by atoms with Crippen LogP contribution in [0.4, 0.5) is 0 Å². The van der Waals surface area contributed by atoms with Crippen LogP contribution < -0.4 is 11.1 Å². The number of carbonyl (C=O) groups excluding carboxylic acids is 1. The van der Waals surface area contributed by atoms with Crippen molar-refractivity contribution in [1.82, 2.24) is 15.2 Å². The molecule has 1 amide bonds. The molecule has 1 aliphatic heterocycles. The van der Waals surface area contributed by atoms with E-state index in [2.05, 4.69) is 35.1 Å². The summed E-state index contributed by atoms with van der Waals surface area (Å²) in [5.41, 5.74) is 7.18. The highest BCUT2D eigenvalue weighted by atomic mass is 16.2. The summed E-state index contributed by atoms with van der Waals surface area (Å²) in [6, 6.07) is 3.95. The third-order valence-electron chi connectivity index (χ3n) is 4.13. The Morgan fingerprint density at radius 2 is 2.18 bits per heavy atom. The number of nitrogens with one attached hydrogen (secondary N) is 1. The highest BCUT2D eigenvalue weighted by Crippen LogP contribution is 2.14. The minimum Gasteiger partial charge on any atom is -0.352 e. The van der Waals surface area contributed by atoms with E-state index < -0.39 is 0 Å². The van der Waals surface area contributed by atoms with E-state index in [1.165, 1.54) is 5.56 Å². The van der Waals surface area contributed by atoms with Gasteiger partial charge >= 0.3 is 0 Å². The van der Waals surface area contributed by atoms with Gasteiger partial charge in [-0.2, -0.15) is 0 Å². The summed E-state index contributed by atoms with van der Waals surface area (Å²) in [5.74, 6) is 0.446. The van der Waals surface area contributed by atoms with E-state index in [-0.39, 0.29) is 18.0 Å². The van der Waals surface area contributed by atoms with Gasteiger partial charge in [-0.25, -0.2) is 0 Å². The molecule has 1 saturated heterocycles. The second kappa shape index (κ2) is 8.25. The first kappa shape index (κ1) is 16.9. The van der Waals surface area contributed by atoms with Gasteiger partial charge in [-0.05, 0) is 36.8 Å². The molecular weight excluding hydrogens is 276 g/mol. The minimum atomic E-state index is -0.381. The maximum absolute atomic E-state index is 12.1. The fourth-order valence-corrected chi connectivity index (χ4v) is 2.91. The quantitative estimate of drug-likeness (QED) is 0.836. The Labute approximate surface area is 133 Å². The Morgan fingerprint density at radius 3 is 2.77 bits per heavy atom. The summed E-state index contributed by atoms with van der Waals surface area (Å²) in [6.45, 7) is 7.11. The van der Waals surface area contributed by atoms with Crippen LogP contribution in [0.1, 0.15) is 38.7 Å². The number of nitrogens with zero attached hydrogens (tertiary/aromatic N) is 2. The average molecular weight is 304 g/mol. The van der Waals surface area contributed by atoms with Crippen LogP contribution in [0.15, 0.2) is 24.5 Å². The Kier molecular flexibility index (Phi) is 6.34. The number of carbonyl (C=O) groups is 1.